The van der Waals surface area contributed by atoms with E-state index in [1.54, 1.807) is 19.9 Å². The molecule has 0 saturated carbocycles. The zero-order valence-electron chi connectivity index (χ0n) is 21.4. The van der Waals surface area contributed by atoms with Gasteiger partial charge in [-0.05, 0) is 37.6 Å². The van der Waals surface area contributed by atoms with Gasteiger partial charge in [0.15, 0.2) is 17.7 Å². The summed E-state index contributed by atoms with van der Waals surface area (Å²) in [5, 5.41) is 6.91. The van der Waals surface area contributed by atoms with Gasteiger partial charge in [0.1, 0.15) is 23.3 Å². The lowest BCUT2D eigenvalue weighted by molar-refractivity contribution is -0.175. The molecule has 0 radical (unpaired) electrons. The van der Waals surface area contributed by atoms with Crippen molar-refractivity contribution in [1.29, 1.82) is 0 Å². The van der Waals surface area contributed by atoms with Crippen molar-refractivity contribution in [2.75, 3.05) is 26.6 Å². The Morgan fingerprint density at radius 1 is 1.21 bits per heavy atom. The number of benzene rings is 1. The predicted octanol–water partition coefficient (Wildman–Crippen LogP) is 1.08. The molecule has 1 aromatic carbocycles. The molecule has 1 aromatic heterocycles. The first-order valence-corrected chi connectivity index (χ1v) is 13.8. The fraction of sp³-hybridized carbons (Fsp3) is 0.500. The first kappa shape index (κ1) is 27.8. The van der Waals surface area contributed by atoms with E-state index in [1.165, 1.54) is 25.3 Å². The smallest absolute Gasteiger partial charge is 0.270 e. The van der Waals surface area contributed by atoms with Crippen molar-refractivity contribution in [3.05, 3.63) is 52.9 Å². The van der Waals surface area contributed by atoms with E-state index in [0.717, 1.165) is 6.26 Å². The molecule has 12 nitrogen and oxygen atoms in total. The van der Waals surface area contributed by atoms with E-state index < -0.39 is 46.1 Å². The third-order valence-corrected chi connectivity index (χ3v) is 6.85. The van der Waals surface area contributed by atoms with Crippen LogP contribution in [0.2, 0.25) is 0 Å². The molecular formula is C24H30FN5O7S. The largest absolute Gasteiger partial charge is 0.494 e. The zero-order valence-corrected chi connectivity index (χ0v) is 22.2. The number of ether oxygens (including phenoxy) is 3. The van der Waals surface area contributed by atoms with Crippen LogP contribution in [0.25, 0.3) is 0 Å². The lowest BCUT2D eigenvalue weighted by Crippen LogP contribution is -2.50. The summed E-state index contributed by atoms with van der Waals surface area (Å²) in [5.74, 6) is -0.439. The molecule has 1 amide bonds. The minimum atomic E-state index is -3.36. The lowest BCUT2D eigenvalue weighted by atomic mass is 10.0. The standard InChI is InChI=1S/C24H30FN5O7S/c1-13(30-38(4,32)33)22-11-36-23(12-35-22)21-9-18(29-37-21)17-8-19(28-14(2)27-17)24(31)26-10-15-5-6-16(25)20(7-15)34-3/h5-8,13,21-23,30H,9-12H2,1-4H3,(H,26,31)/t13?,21-,22-,23+/m0/s1. The van der Waals surface area contributed by atoms with E-state index >= 15 is 0 Å². The number of carbonyl (C=O) groups excluding carboxylic acids is 1. The number of aryl methyl sites for hydroxylation is 1. The van der Waals surface area contributed by atoms with Crippen molar-refractivity contribution >= 4 is 21.6 Å². The number of rotatable bonds is 9. The fourth-order valence-corrected chi connectivity index (χ4v) is 4.94. The first-order valence-electron chi connectivity index (χ1n) is 11.9. The quantitative estimate of drug-likeness (QED) is 0.467. The second kappa shape index (κ2) is 11.7. The SMILES string of the molecule is COc1cc(CNC(=O)c2cc(C3=NO[C@H]([C@H]4CO[C@H](C(C)NS(C)(=O)=O)CO4)C3)nc(C)n2)ccc1F. The highest BCUT2D eigenvalue weighted by Crippen LogP contribution is 2.24. The second-order valence-corrected chi connectivity index (χ2v) is 10.9. The van der Waals surface area contributed by atoms with Crippen LogP contribution in [0.15, 0.2) is 29.4 Å². The molecule has 2 aliphatic heterocycles. The first-order chi connectivity index (χ1) is 18.0. The molecule has 206 valence electrons. The number of nitrogens with one attached hydrogen (secondary N) is 2. The summed E-state index contributed by atoms with van der Waals surface area (Å²) in [6.07, 6.45) is 0.211. The summed E-state index contributed by atoms with van der Waals surface area (Å²) in [7, 11) is -1.99. The Morgan fingerprint density at radius 2 is 2.00 bits per heavy atom. The van der Waals surface area contributed by atoms with Gasteiger partial charge in [0, 0.05) is 19.0 Å². The maximum absolute atomic E-state index is 13.6. The maximum Gasteiger partial charge on any atom is 0.270 e. The molecule has 1 unspecified atom stereocenters. The molecule has 2 N–H and O–H groups in total. The van der Waals surface area contributed by atoms with Crippen LogP contribution in [0.1, 0.15) is 40.9 Å². The van der Waals surface area contributed by atoms with E-state index in [2.05, 4.69) is 25.2 Å². The summed E-state index contributed by atoms with van der Waals surface area (Å²) >= 11 is 0. The zero-order chi connectivity index (χ0) is 27.4. The third-order valence-electron chi connectivity index (χ3n) is 6.05. The van der Waals surface area contributed by atoms with Gasteiger partial charge >= 0.3 is 0 Å². The molecule has 14 heteroatoms. The molecule has 0 spiro atoms. The number of nitrogens with zero attached hydrogens (tertiary/aromatic N) is 3. The van der Waals surface area contributed by atoms with Crippen LogP contribution in [0.4, 0.5) is 4.39 Å². The maximum atomic E-state index is 13.6. The molecule has 4 atom stereocenters. The Balaban J connectivity index is 1.34. The number of amides is 1. The molecule has 0 bridgehead atoms. The molecule has 0 aliphatic carbocycles. The summed E-state index contributed by atoms with van der Waals surface area (Å²) in [5.41, 5.74) is 1.81. The van der Waals surface area contributed by atoms with Gasteiger partial charge < -0.3 is 24.4 Å². The van der Waals surface area contributed by atoms with E-state index in [4.69, 9.17) is 19.0 Å². The van der Waals surface area contributed by atoms with Crippen LogP contribution < -0.4 is 14.8 Å². The number of oxime groups is 1. The van der Waals surface area contributed by atoms with Gasteiger partial charge in [-0.3, -0.25) is 4.79 Å². The molecule has 4 rings (SSSR count). The lowest BCUT2D eigenvalue weighted by Gasteiger charge is -2.34. The van der Waals surface area contributed by atoms with Crippen molar-refractivity contribution in [2.24, 2.45) is 5.16 Å². The van der Waals surface area contributed by atoms with Crippen LogP contribution in [0.3, 0.4) is 0 Å². The Kier molecular flexibility index (Phi) is 8.55. The highest BCUT2D eigenvalue weighted by atomic mass is 32.2. The van der Waals surface area contributed by atoms with Gasteiger partial charge in [0.05, 0.1) is 38.4 Å². The van der Waals surface area contributed by atoms with Crippen molar-refractivity contribution in [2.45, 2.75) is 51.2 Å². The highest BCUT2D eigenvalue weighted by molar-refractivity contribution is 7.88. The molecule has 2 aromatic rings. The number of sulfonamides is 1. The number of aromatic nitrogens is 2. The van der Waals surface area contributed by atoms with Crippen molar-refractivity contribution in [1.82, 2.24) is 20.0 Å². The molecule has 38 heavy (non-hydrogen) atoms. The van der Waals surface area contributed by atoms with Crippen LogP contribution in [-0.2, 0) is 30.9 Å². The Bertz CT molecular complexity index is 1320. The molecule has 1 saturated heterocycles. The van der Waals surface area contributed by atoms with Gasteiger partial charge in [-0.1, -0.05) is 11.2 Å². The van der Waals surface area contributed by atoms with E-state index in [1.807, 2.05) is 0 Å². The number of halogens is 1. The Labute approximate surface area is 220 Å². The van der Waals surface area contributed by atoms with Gasteiger partial charge in [-0.25, -0.2) is 27.5 Å². The van der Waals surface area contributed by atoms with E-state index in [9.17, 15) is 17.6 Å². The summed E-state index contributed by atoms with van der Waals surface area (Å²) in [6.45, 7) is 3.94. The van der Waals surface area contributed by atoms with Crippen LogP contribution >= 0.6 is 0 Å². The van der Waals surface area contributed by atoms with Crippen LogP contribution in [0, 0.1) is 12.7 Å². The molecular weight excluding hydrogens is 521 g/mol. The minimum Gasteiger partial charge on any atom is -0.494 e. The monoisotopic (exact) mass is 551 g/mol. The molecule has 3 heterocycles. The van der Waals surface area contributed by atoms with Crippen molar-refractivity contribution in [3.8, 4) is 5.75 Å². The highest BCUT2D eigenvalue weighted by Gasteiger charge is 2.37. The molecule has 1 fully saturated rings. The van der Waals surface area contributed by atoms with Gasteiger partial charge in [0.2, 0.25) is 10.0 Å². The van der Waals surface area contributed by atoms with Gasteiger partial charge in [-0.2, -0.15) is 0 Å². The second-order valence-electron chi connectivity index (χ2n) is 9.15. The number of methoxy groups -OCH3 is 1. The van der Waals surface area contributed by atoms with E-state index in [0.29, 0.717) is 29.2 Å². The van der Waals surface area contributed by atoms with Crippen LogP contribution in [0.5, 0.6) is 5.75 Å². The molecule has 2 aliphatic rings. The summed E-state index contributed by atoms with van der Waals surface area (Å²) < 4.78 is 55.7. The normalized spacial score (nSPS) is 22.3. The third kappa shape index (κ3) is 7.01. The average Bonchev–Trinajstić information content (AvgIpc) is 3.37. The Hall–Kier alpha value is -3.20. The predicted molar refractivity (Wildman–Crippen MR) is 134 cm³/mol. The van der Waals surface area contributed by atoms with Crippen LogP contribution in [-0.4, -0.2) is 80.9 Å². The number of hydrogen-bond acceptors (Lipinski definition) is 10. The summed E-state index contributed by atoms with van der Waals surface area (Å²) in [4.78, 5) is 27.0. The number of carbonyl (C=O) groups is 1. The topological polar surface area (TPSA) is 150 Å². The van der Waals surface area contributed by atoms with Gasteiger partial charge in [0.25, 0.3) is 5.91 Å². The van der Waals surface area contributed by atoms with Crippen molar-refractivity contribution in [3.63, 3.8) is 0 Å². The fourth-order valence-electron chi connectivity index (χ4n) is 4.12. The minimum absolute atomic E-state index is 0.0914. The van der Waals surface area contributed by atoms with Crippen molar-refractivity contribution < 1.29 is 36.7 Å². The van der Waals surface area contributed by atoms with E-state index in [-0.39, 0.29) is 31.2 Å². The number of hydrogen-bond donors (Lipinski definition) is 2. The van der Waals surface area contributed by atoms with Gasteiger partial charge in [-0.15, -0.1) is 0 Å². The summed E-state index contributed by atoms with van der Waals surface area (Å²) in [6, 6.07) is 5.43. The Morgan fingerprint density at radius 3 is 2.68 bits per heavy atom. The average molecular weight is 552 g/mol.